The molecule has 0 atom stereocenters. The molecule has 0 spiro atoms. The van der Waals surface area contributed by atoms with Crippen molar-refractivity contribution in [2.75, 3.05) is 11.9 Å². The van der Waals surface area contributed by atoms with Crippen molar-refractivity contribution in [2.24, 2.45) is 0 Å². The van der Waals surface area contributed by atoms with Crippen molar-refractivity contribution in [1.29, 1.82) is 0 Å². The fraction of sp³-hybridized carbons (Fsp3) is 0.636. The molecule has 0 radical (unpaired) electrons. The van der Waals surface area contributed by atoms with Gasteiger partial charge in [0.25, 0.3) is 0 Å². The topological polar surface area (TPSA) is 29.0 Å². The summed E-state index contributed by atoms with van der Waals surface area (Å²) in [6.07, 6.45) is 0. The molecule has 0 fully saturated rings. The Kier molecular flexibility index (Phi) is 2.79. The molecule has 1 heterocycles. The van der Waals surface area contributed by atoms with Gasteiger partial charge in [-0.05, 0) is 34.6 Å². The van der Waals surface area contributed by atoms with Gasteiger partial charge in [-0.2, -0.15) is 0 Å². The lowest BCUT2D eigenvalue weighted by molar-refractivity contribution is 0.532. The van der Waals surface area contributed by atoms with Crippen LogP contribution in [0.2, 0.25) is 0 Å². The van der Waals surface area contributed by atoms with E-state index >= 15 is 0 Å². The molecule has 0 saturated carbocycles. The van der Waals surface area contributed by atoms with E-state index in [1.54, 1.807) is 0 Å². The van der Waals surface area contributed by atoms with Crippen molar-refractivity contribution in [3.63, 3.8) is 0 Å². The largest absolute Gasteiger partial charge is 0.355 e. The van der Waals surface area contributed by atoms with Gasteiger partial charge < -0.3 is 4.90 Å². The molecule has 3 nitrogen and oxygen atoms in total. The Bertz CT molecular complexity index is 306. The second kappa shape index (κ2) is 3.56. The van der Waals surface area contributed by atoms with E-state index in [4.69, 9.17) is 0 Å². The SMILES string of the molecule is Cc1cc(N(C)C(C)(C)C)nc(C)n1. The van der Waals surface area contributed by atoms with Crippen LogP contribution in [-0.2, 0) is 0 Å². The van der Waals surface area contributed by atoms with E-state index in [1.165, 1.54) is 0 Å². The normalized spacial score (nSPS) is 11.6. The van der Waals surface area contributed by atoms with Gasteiger partial charge in [0.05, 0.1) is 0 Å². The fourth-order valence-corrected chi connectivity index (χ4v) is 1.21. The molecule has 1 aromatic rings. The molecule has 0 amide bonds. The zero-order valence-electron chi connectivity index (χ0n) is 9.92. The number of aromatic nitrogens is 2. The second-order valence-corrected chi connectivity index (χ2v) is 4.64. The van der Waals surface area contributed by atoms with Crippen LogP contribution in [0.3, 0.4) is 0 Å². The molecule has 0 unspecified atom stereocenters. The number of anilines is 1. The van der Waals surface area contributed by atoms with Gasteiger partial charge in [-0.3, -0.25) is 0 Å². The molecule has 14 heavy (non-hydrogen) atoms. The summed E-state index contributed by atoms with van der Waals surface area (Å²) >= 11 is 0. The first kappa shape index (κ1) is 11.0. The maximum absolute atomic E-state index is 4.42. The van der Waals surface area contributed by atoms with Crippen molar-refractivity contribution in [3.05, 3.63) is 17.6 Å². The molecular formula is C11H19N3. The van der Waals surface area contributed by atoms with E-state index in [0.717, 1.165) is 17.3 Å². The first-order valence-corrected chi connectivity index (χ1v) is 4.87. The summed E-state index contributed by atoms with van der Waals surface area (Å²) in [5.41, 5.74) is 1.11. The highest BCUT2D eigenvalue weighted by Crippen LogP contribution is 2.19. The van der Waals surface area contributed by atoms with E-state index in [0.29, 0.717) is 0 Å². The number of aryl methyl sites for hydroxylation is 2. The van der Waals surface area contributed by atoms with E-state index in [1.807, 2.05) is 19.9 Å². The standard InChI is InChI=1S/C11H19N3/c1-8-7-10(13-9(2)12-8)14(6)11(3,4)5/h7H,1-6H3. The molecular weight excluding hydrogens is 174 g/mol. The molecule has 1 aromatic heterocycles. The van der Waals surface area contributed by atoms with Gasteiger partial charge in [0.2, 0.25) is 0 Å². The van der Waals surface area contributed by atoms with Crippen molar-refractivity contribution < 1.29 is 0 Å². The predicted octanol–water partition coefficient (Wildman–Crippen LogP) is 2.33. The smallest absolute Gasteiger partial charge is 0.132 e. The van der Waals surface area contributed by atoms with Crippen LogP contribution in [0.1, 0.15) is 32.3 Å². The first-order chi connectivity index (χ1) is 6.30. The second-order valence-electron chi connectivity index (χ2n) is 4.64. The van der Waals surface area contributed by atoms with Crippen LogP contribution in [0.5, 0.6) is 0 Å². The third-order valence-electron chi connectivity index (χ3n) is 2.30. The minimum absolute atomic E-state index is 0.0905. The Labute approximate surface area is 86.2 Å². The van der Waals surface area contributed by atoms with Gasteiger partial charge >= 0.3 is 0 Å². The lowest BCUT2D eigenvalue weighted by Gasteiger charge is -2.33. The third-order valence-corrected chi connectivity index (χ3v) is 2.30. The quantitative estimate of drug-likeness (QED) is 0.685. The van der Waals surface area contributed by atoms with Gasteiger partial charge in [0.15, 0.2) is 0 Å². The molecule has 0 bridgehead atoms. The average Bonchev–Trinajstić information content (AvgIpc) is 1.99. The summed E-state index contributed by atoms with van der Waals surface area (Å²) in [4.78, 5) is 10.8. The molecule has 78 valence electrons. The molecule has 0 aliphatic carbocycles. The van der Waals surface area contributed by atoms with E-state index in [9.17, 15) is 0 Å². The summed E-state index contributed by atoms with van der Waals surface area (Å²) in [5.74, 6) is 1.82. The van der Waals surface area contributed by atoms with Crippen molar-refractivity contribution in [3.8, 4) is 0 Å². The van der Waals surface area contributed by atoms with Gasteiger partial charge in [-0.25, -0.2) is 9.97 Å². The third kappa shape index (κ3) is 2.44. The lowest BCUT2D eigenvalue weighted by atomic mass is 10.1. The van der Waals surface area contributed by atoms with E-state index in [2.05, 4.69) is 42.7 Å². The zero-order valence-corrected chi connectivity index (χ0v) is 9.92. The Morgan fingerprint density at radius 3 is 2.14 bits per heavy atom. The summed E-state index contributed by atoms with van der Waals surface area (Å²) < 4.78 is 0. The van der Waals surface area contributed by atoms with Crippen LogP contribution in [0.4, 0.5) is 5.82 Å². The van der Waals surface area contributed by atoms with Gasteiger partial charge in [-0.15, -0.1) is 0 Å². The number of hydrogen-bond acceptors (Lipinski definition) is 3. The van der Waals surface area contributed by atoms with Gasteiger partial charge in [0, 0.05) is 24.3 Å². The molecule has 0 saturated heterocycles. The van der Waals surface area contributed by atoms with Crippen molar-refractivity contribution >= 4 is 5.82 Å². The summed E-state index contributed by atoms with van der Waals surface area (Å²) in [6, 6.07) is 2.01. The molecule has 1 rings (SSSR count). The molecule has 0 aliphatic heterocycles. The Morgan fingerprint density at radius 2 is 1.71 bits per heavy atom. The van der Waals surface area contributed by atoms with Gasteiger partial charge in [-0.1, -0.05) is 0 Å². The van der Waals surface area contributed by atoms with Crippen LogP contribution in [-0.4, -0.2) is 22.6 Å². The summed E-state index contributed by atoms with van der Waals surface area (Å²) in [7, 11) is 2.06. The van der Waals surface area contributed by atoms with E-state index < -0.39 is 0 Å². The number of nitrogens with zero attached hydrogens (tertiary/aromatic N) is 3. The Morgan fingerprint density at radius 1 is 1.14 bits per heavy atom. The van der Waals surface area contributed by atoms with Crippen molar-refractivity contribution in [2.45, 2.75) is 40.2 Å². The highest BCUT2D eigenvalue weighted by molar-refractivity contribution is 5.41. The van der Waals surface area contributed by atoms with Crippen LogP contribution in [0.25, 0.3) is 0 Å². The van der Waals surface area contributed by atoms with Crippen LogP contribution in [0, 0.1) is 13.8 Å². The Balaban J connectivity index is 3.07. The lowest BCUT2D eigenvalue weighted by Crippen LogP contribution is -2.38. The molecule has 0 N–H and O–H groups in total. The minimum atomic E-state index is 0.0905. The first-order valence-electron chi connectivity index (χ1n) is 4.87. The maximum atomic E-state index is 4.42. The zero-order chi connectivity index (χ0) is 10.9. The summed E-state index contributed by atoms with van der Waals surface area (Å²) in [5, 5.41) is 0. The predicted molar refractivity (Wildman–Crippen MR) is 59.7 cm³/mol. The van der Waals surface area contributed by atoms with Crippen LogP contribution >= 0.6 is 0 Å². The van der Waals surface area contributed by atoms with Crippen LogP contribution in [0.15, 0.2) is 6.07 Å². The van der Waals surface area contributed by atoms with E-state index in [-0.39, 0.29) is 5.54 Å². The minimum Gasteiger partial charge on any atom is -0.355 e. The maximum Gasteiger partial charge on any atom is 0.132 e. The molecule has 0 aliphatic rings. The van der Waals surface area contributed by atoms with Crippen LogP contribution < -0.4 is 4.90 Å². The highest BCUT2D eigenvalue weighted by atomic mass is 15.2. The van der Waals surface area contributed by atoms with Gasteiger partial charge in [0.1, 0.15) is 11.6 Å². The van der Waals surface area contributed by atoms with Crippen molar-refractivity contribution in [1.82, 2.24) is 9.97 Å². The molecule has 0 aromatic carbocycles. The highest BCUT2D eigenvalue weighted by Gasteiger charge is 2.18. The molecule has 3 heteroatoms. The Hall–Kier alpha value is -1.12. The fourth-order valence-electron chi connectivity index (χ4n) is 1.21. The summed E-state index contributed by atoms with van der Waals surface area (Å²) in [6.45, 7) is 10.4. The monoisotopic (exact) mass is 193 g/mol. The number of rotatable bonds is 1. The average molecular weight is 193 g/mol. The number of hydrogen-bond donors (Lipinski definition) is 0.